The molecular formula is C13H25BrO2. The molecule has 0 bridgehead atoms. The fourth-order valence-corrected chi connectivity index (χ4v) is 1.75. The molecule has 0 fully saturated rings. The molecule has 0 aromatic carbocycles. The van der Waals surface area contributed by atoms with Gasteiger partial charge < -0.3 is 9.47 Å². The summed E-state index contributed by atoms with van der Waals surface area (Å²) in [6, 6.07) is 0. The van der Waals surface area contributed by atoms with E-state index in [0.29, 0.717) is 12.7 Å². The molecule has 0 rings (SSSR count). The Bertz CT molecular complexity index is 151. The maximum Gasteiger partial charge on any atom is 0.0648 e. The average Bonchev–Trinajstić information content (AvgIpc) is 2.30. The van der Waals surface area contributed by atoms with Crippen LogP contribution >= 0.6 is 15.9 Å². The normalized spacial score (nSPS) is 12.6. The maximum atomic E-state index is 5.52. The monoisotopic (exact) mass is 292 g/mol. The molecule has 0 aliphatic carbocycles. The van der Waals surface area contributed by atoms with Gasteiger partial charge in [-0.15, -0.1) is 6.58 Å². The van der Waals surface area contributed by atoms with Crippen LogP contribution in [0.25, 0.3) is 0 Å². The zero-order chi connectivity index (χ0) is 12.1. The standard InChI is InChI=1S/C13H25BrO2/c1-3-10-16-13(2)8-4-6-11-15-12-7-5-9-14/h3,13H,1,4-12H2,2H3. The van der Waals surface area contributed by atoms with E-state index in [1.54, 1.807) is 6.08 Å². The van der Waals surface area contributed by atoms with Crippen LogP contribution in [0.2, 0.25) is 0 Å². The average molecular weight is 293 g/mol. The predicted molar refractivity (Wildman–Crippen MR) is 73.3 cm³/mol. The largest absolute Gasteiger partial charge is 0.381 e. The van der Waals surface area contributed by atoms with Gasteiger partial charge in [-0.1, -0.05) is 22.0 Å². The molecule has 0 heterocycles. The van der Waals surface area contributed by atoms with Crippen molar-refractivity contribution in [1.82, 2.24) is 0 Å². The van der Waals surface area contributed by atoms with Crippen LogP contribution in [0.4, 0.5) is 0 Å². The van der Waals surface area contributed by atoms with Crippen molar-refractivity contribution in [2.45, 2.75) is 45.1 Å². The predicted octanol–water partition coefficient (Wildman–Crippen LogP) is 3.94. The molecule has 2 nitrogen and oxygen atoms in total. The van der Waals surface area contributed by atoms with E-state index >= 15 is 0 Å². The van der Waals surface area contributed by atoms with Gasteiger partial charge in [0.05, 0.1) is 12.7 Å². The highest BCUT2D eigenvalue weighted by molar-refractivity contribution is 9.09. The van der Waals surface area contributed by atoms with Crippen LogP contribution in [0.1, 0.15) is 39.0 Å². The molecule has 0 saturated heterocycles. The first-order chi connectivity index (χ1) is 7.81. The third-order valence-electron chi connectivity index (χ3n) is 2.32. The van der Waals surface area contributed by atoms with Crippen molar-refractivity contribution in [3.63, 3.8) is 0 Å². The summed E-state index contributed by atoms with van der Waals surface area (Å²) in [6.07, 6.45) is 7.91. The van der Waals surface area contributed by atoms with Crippen LogP contribution < -0.4 is 0 Å². The van der Waals surface area contributed by atoms with Gasteiger partial charge in [0.2, 0.25) is 0 Å². The summed E-state index contributed by atoms with van der Waals surface area (Å²) in [5, 5.41) is 1.08. The van der Waals surface area contributed by atoms with Gasteiger partial charge in [-0.2, -0.15) is 0 Å². The van der Waals surface area contributed by atoms with Gasteiger partial charge >= 0.3 is 0 Å². The lowest BCUT2D eigenvalue weighted by Crippen LogP contribution is -2.08. The summed E-state index contributed by atoms with van der Waals surface area (Å²) in [4.78, 5) is 0. The second kappa shape index (κ2) is 13.2. The van der Waals surface area contributed by atoms with Gasteiger partial charge in [-0.25, -0.2) is 0 Å². The summed E-state index contributed by atoms with van der Waals surface area (Å²) in [6.45, 7) is 8.18. The molecule has 0 aromatic rings. The van der Waals surface area contributed by atoms with E-state index in [1.165, 1.54) is 12.8 Å². The van der Waals surface area contributed by atoms with E-state index in [1.807, 2.05) is 0 Å². The molecule has 3 heteroatoms. The molecule has 0 saturated carbocycles. The Morgan fingerprint density at radius 3 is 2.50 bits per heavy atom. The summed E-state index contributed by atoms with van der Waals surface area (Å²) < 4.78 is 11.0. The first-order valence-corrected chi connectivity index (χ1v) is 7.29. The van der Waals surface area contributed by atoms with E-state index in [9.17, 15) is 0 Å². The van der Waals surface area contributed by atoms with Crippen molar-refractivity contribution < 1.29 is 9.47 Å². The molecular weight excluding hydrogens is 268 g/mol. The van der Waals surface area contributed by atoms with Crippen molar-refractivity contribution >= 4 is 15.9 Å². The summed E-state index contributed by atoms with van der Waals surface area (Å²) >= 11 is 3.40. The summed E-state index contributed by atoms with van der Waals surface area (Å²) in [5.41, 5.74) is 0. The minimum Gasteiger partial charge on any atom is -0.381 e. The quantitative estimate of drug-likeness (QED) is 0.308. The number of hydrogen-bond acceptors (Lipinski definition) is 2. The van der Waals surface area contributed by atoms with Crippen LogP contribution in [0.3, 0.4) is 0 Å². The Kier molecular flexibility index (Phi) is 13.3. The topological polar surface area (TPSA) is 18.5 Å². The van der Waals surface area contributed by atoms with E-state index in [0.717, 1.165) is 37.8 Å². The minimum absolute atomic E-state index is 0.339. The second-order valence-electron chi connectivity index (χ2n) is 3.94. The second-order valence-corrected chi connectivity index (χ2v) is 4.73. The Labute approximate surface area is 109 Å². The number of unbranched alkanes of at least 4 members (excludes halogenated alkanes) is 2. The number of alkyl halides is 1. The Morgan fingerprint density at radius 1 is 1.19 bits per heavy atom. The lowest BCUT2D eigenvalue weighted by molar-refractivity contribution is 0.0750. The SMILES string of the molecule is C=CCOC(C)CCCCOCCCCBr. The van der Waals surface area contributed by atoms with Gasteiger partial charge in [-0.3, -0.25) is 0 Å². The Balaban J connectivity index is 3.05. The van der Waals surface area contributed by atoms with Gasteiger partial charge in [-0.05, 0) is 39.0 Å². The van der Waals surface area contributed by atoms with Crippen molar-refractivity contribution in [3.05, 3.63) is 12.7 Å². The van der Waals surface area contributed by atoms with E-state index in [-0.39, 0.29) is 0 Å². The number of hydrogen-bond donors (Lipinski definition) is 0. The zero-order valence-electron chi connectivity index (χ0n) is 10.4. The van der Waals surface area contributed by atoms with Gasteiger partial charge in [0.15, 0.2) is 0 Å². The fourth-order valence-electron chi connectivity index (χ4n) is 1.35. The van der Waals surface area contributed by atoms with Crippen molar-refractivity contribution in [2.24, 2.45) is 0 Å². The minimum atomic E-state index is 0.339. The highest BCUT2D eigenvalue weighted by atomic mass is 79.9. The van der Waals surface area contributed by atoms with Gasteiger partial charge in [0.25, 0.3) is 0 Å². The zero-order valence-corrected chi connectivity index (χ0v) is 12.0. The first-order valence-electron chi connectivity index (χ1n) is 6.17. The molecule has 0 aliphatic heterocycles. The Hall–Kier alpha value is 0.140. The van der Waals surface area contributed by atoms with Gasteiger partial charge in [0, 0.05) is 18.5 Å². The molecule has 0 amide bonds. The third kappa shape index (κ3) is 12.2. The van der Waals surface area contributed by atoms with E-state index in [2.05, 4.69) is 29.4 Å². The van der Waals surface area contributed by atoms with Crippen LogP contribution in [-0.2, 0) is 9.47 Å². The molecule has 0 radical (unpaired) electrons. The molecule has 0 N–H and O–H groups in total. The fraction of sp³-hybridized carbons (Fsp3) is 0.846. The summed E-state index contributed by atoms with van der Waals surface area (Å²) in [5.74, 6) is 0. The molecule has 1 unspecified atom stereocenters. The van der Waals surface area contributed by atoms with Crippen molar-refractivity contribution in [3.8, 4) is 0 Å². The van der Waals surface area contributed by atoms with Crippen LogP contribution in [0.15, 0.2) is 12.7 Å². The van der Waals surface area contributed by atoms with Crippen molar-refractivity contribution in [1.29, 1.82) is 0 Å². The lowest BCUT2D eigenvalue weighted by Gasteiger charge is -2.11. The smallest absolute Gasteiger partial charge is 0.0648 e. The highest BCUT2D eigenvalue weighted by Crippen LogP contribution is 2.05. The number of ether oxygens (including phenoxy) is 2. The van der Waals surface area contributed by atoms with Crippen LogP contribution in [-0.4, -0.2) is 31.3 Å². The maximum absolute atomic E-state index is 5.52. The lowest BCUT2D eigenvalue weighted by atomic mass is 10.2. The molecule has 96 valence electrons. The van der Waals surface area contributed by atoms with Crippen LogP contribution in [0.5, 0.6) is 0 Å². The van der Waals surface area contributed by atoms with Crippen LogP contribution in [0, 0.1) is 0 Å². The molecule has 0 aliphatic rings. The van der Waals surface area contributed by atoms with E-state index in [4.69, 9.17) is 9.47 Å². The van der Waals surface area contributed by atoms with E-state index < -0.39 is 0 Å². The highest BCUT2D eigenvalue weighted by Gasteiger charge is 2.00. The Morgan fingerprint density at radius 2 is 1.88 bits per heavy atom. The first kappa shape index (κ1) is 16.1. The molecule has 1 atom stereocenters. The third-order valence-corrected chi connectivity index (χ3v) is 2.88. The molecule has 0 spiro atoms. The molecule has 16 heavy (non-hydrogen) atoms. The molecule has 0 aromatic heterocycles. The number of halogens is 1. The summed E-state index contributed by atoms with van der Waals surface area (Å²) in [7, 11) is 0. The van der Waals surface area contributed by atoms with Crippen molar-refractivity contribution in [2.75, 3.05) is 25.2 Å². The number of rotatable bonds is 12. The van der Waals surface area contributed by atoms with Gasteiger partial charge in [0.1, 0.15) is 0 Å².